The van der Waals surface area contributed by atoms with Crippen LogP contribution in [0.1, 0.15) is 46.1 Å². The first-order valence-corrected chi connectivity index (χ1v) is 10.1. The van der Waals surface area contributed by atoms with E-state index in [2.05, 4.69) is 34.5 Å². The Kier molecular flexibility index (Phi) is 4.39. The minimum absolute atomic E-state index is 0.0597. The van der Waals surface area contributed by atoms with Crippen LogP contribution in [0.25, 0.3) is 11.3 Å². The number of amides is 1. The first-order valence-electron chi connectivity index (χ1n) is 10.1. The summed E-state index contributed by atoms with van der Waals surface area (Å²) in [6.45, 7) is 2.62. The molecular formula is C23H23N5O. The molecule has 0 radical (unpaired) electrons. The Balaban J connectivity index is 1.33. The van der Waals surface area contributed by atoms with Crippen molar-refractivity contribution >= 4 is 11.6 Å². The van der Waals surface area contributed by atoms with Crippen LogP contribution in [0.3, 0.4) is 0 Å². The number of fused-ring (bicyclic) bond motifs is 1. The fourth-order valence-corrected chi connectivity index (χ4v) is 3.78. The molecule has 3 aromatic heterocycles. The van der Waals surface area contributed by atoms with Crippen LogP contribution >= 0.6 is 0 Å². The molecule has 0 saturated heterocycles. The summed E-state index contributed by atoms with van der Waals surface area (Å²) in [5, 5.41) is 7.62. The Morgan fingerprint density at radius 1 is 1.17 bits per heavy atom. The molecule has 6 nitrogen and oxygen atoms in total. The molecule has 3 heterocycles. The average molecular weight is 385 g/mol. The lowest BCUT2D eigenvalue weighted by molar-refractivity contribution is 0.0953. The number of nitrogens with zero attached hydrogens (tertiary/aromatic N) is 4. The smallest absolute Gasteiger partial charge is 0.254 e. The predicted octanol–water partition coefficient (Wildman–Crippen LogP) is 3.68. The fourth-order valence-electron chi connectivity index (χ4n) is 3.78. The Hall–Kier alpha value is -3.41. The molecule has 1 amide bonds. The van der Waals surface area contributed by atoms with Crippen LogP contribution in [0.15, 0.2) is 61.1 Å². The number of aromatic nitrogens is 4. The van der Waals surface area contributed by atoms with Gasteiger partial charge in [0.25, 0.3) is 5.91 Å². The van der Waals surface area contributed by atoms with Gasteiger partial charge in [0.05, 0.1) is 28.8 Å². The van der Waals surface area contributed by atoms with Gasteiger partial charge in [0.1, 0.15) is 5.65 Å². The first-order chi connectivity index (χ1) is 14.2. The second kappa shape index (κ2) is 7.20. The zero-order chi connectivity index (χ0) is 19.8. The van der Waals surface area contributed by atoms with Gasteiger partial charge in [-0.05, 0) is 43.5 Å². The standard InChI is InChI=1S/C23H23N5O/c1-16-6-2-3-7-20(16)28-22(17-9-10-17)19(14-25-28)23(29)24-12-11-18-15-27-13-5-4-8-21(27)26-18/h2-8,13-15,17H,9-12H2,1H3,(H,24,29). The number of benzene rings is 1. The molecule has 6 heteroatoms. The van der Waals surface area contributed by atoms with Gasteiger partial charge >= 0.3 is 0 Å². The number of hydrogen-bond donors (Lipinski definition) is 1. The van der Waals surface area contributed by atoms with Crippen LogP contribution in [0, 0.1) is 6.92 Å². The Morgan fingerprint density at radius 2 is 2.00 bits per heavy atom. The van der Waals surface area contributed by atoms with E-state index in [0.717, 1.165) is 41.1 Å². The van der Waals surface area contributed by atoms with E-state index in [4.69, 9.17) is 0 Å². The molecule has 4 aromatic rings. The van der Waals surface area contributed by atoms with E-state index in [1.54, 1.807) is 6.20 Å². The Morgan fingerprint density at radius 3 is 2.79 bits per heavy atom. The number of imidazole rings is 1. The lowest BCUT2D eigenvalue weighted by Crippen LogP contribution is -2.26. The molecule has 1 N–H and O–H groups in total. The Bertz CT molecular complexity index is 1150. The van der Waals surface area contributed by atoms with E-state index in [0.29, 0.717) is 24.4 Å². The average Bonchev–Trinajstić information content (AvgIpc) is 3.33. The second-order valence-corrected chi connectivity index (χ2v) is 7.62. The zero-order valence-electron chi connectivity index (χ0n) is 16.4. The zero-order valence-corrected chi connectivity index (χ0v) is 16.4. The van der Waals surface area contributed by atoms with Crippen molar-refractivity contribution in [2.24, 2.45) is 0 Å². The van der Waals surface area contributed by atoms with Gasteiger partial charge in [-0.2, -0.15) is 5.10 Å². The summed E-state index contributed by atoms with van der Waals surface area (Å²) in [5.41, 5.74) is 5.80. The summed E-state index contributed by atoms with van der Waals surface area (Å²) in [6.07, 6.45) is 8.61. The summed E-state index contributed by atoms with van der Waals surface area (Å²) in [6, 6.07) is 14.1. The number of carbonyl (C=O) groups is 1. The SMILES string of the molecule is Cc1ccccc1-n1ncc(C(=O)NCCc2cn3ccccc3n2)c1C1CC1. The highest BCUT2D eigenvalue weighted by Crippen LogP contribution is 2.42. The minimum atomic E-state index is -0.0597. The van der Waals surface area contributed by atoms with Gasteiger partial charge in [-0.3, -0.25) is 4.79 Å². The van der Waals surface area contributed by atoms with E-state index in [1.165, 1.54) is 0 Å². The summed E-state index contributed by atoms with van der Waals surface area (Å²) < 4.78 is 3.94. The first kappa shape index (κ1) is 17.7. The highest BCUT2D eigenvalue weighted by molar-refractivity contribution is 5.95. The molecule has 1 aliphatic rings. The predicted molar refractivity (Wildman–Crippen MR) is 112 cm³/mol. The fraction of sp³-hybridized carbons (Fsp3) is 0.261. The van der Waals surface area contributed by atoms with Gasteiger partial charge < -0.3 is 9.72 Å². The lowest BCUT2D eigenvalue weighted by Gasteiger charge is -2.11. The minimum Gasteiger partial charge on any atom is -0.352 e. The maximum atomic E-state index is 12.9. The van der Waals surface area contributed by atoms with E-state index in [1.807, 2.05) is 51.8 Å². The number of aryl methyl sites for hydroxylation is 1. The van der Waals surface area contributed by atoms with Gasteiger partial charge in [-0.15, -0.1) is 0 Å². The van der Waals surface area contributed by atoms with Gasteiger partial charge in [0, 0.05) is 31.3 Å². The topological polar surface area (TPSA) is 64.2 Å². The number of rotatable bonds is 6. The highest BCUT2D eigenvalue weighted by atomic mass is 16.1. The van der Waals surface area contributed by atoms with Crippen molar-refractivity contribution in [3.63, 3.8) is 0 Å². The number of carbonyl (C=O) groups excluding carboxylic acids is 1. The molecule has 1 saturated carbocycles. The van der Waals surface area contributed by atoms with Crippen LogP contribution in [0.4, 0.5) is 0 Å². The van der Waals surface area contributed by atoms with E-state index >= 15 is 0 Å². The van der Waals surface area contributed by atoms with E-state index < -0.39 is 0 Å². The normalized spacial score (nSPS) is 13.7. The summed E-state index contributed by atoms with van der Waals surface area (Å²) >= 11 is 0. The van der Waals surface area contributed by atoms with Crippen molar-refractivity contribution in [2.75, 3.05) is 6.54 Å². The van der Waals surface area contributed by atoms with Gasteiger partial charge in [-0.25, -0.2) is 9.67 Å². The van der Waals surface area contributed by atoms with E-state index in [-0.39, 0.29) is 5.91 Å². The lowest BCUT2D eigenvalue weighted by atomic mass is 10.1. The Labute approximate surface area is 169 Å². The molecule has 0 aliphatic heterocycles. The van der Waals surface area contributed by atoms with Crippen LogP contribution in [0.2, 0.25) is 0 Å². The molecule has 1 fully saturated rings. The molecule has 0 atom stereocenters. The molecular weight excluding hydrogens is 362 g/mol. The summed E-state index contributed by atoms with van der Waals surface area (Å²) in [5.74, 6) is 0.354. The maximum Gasteiger partial charge on any atom is 0.254 e. The van der Waals surface area contributed by atoms with Crippen LogP contribution < -0.4 is 5.32 Å². The van der Waals surface area contributed by atoms with Gasteiger partial charge in [0.15, 0.2) is 0 Å². The molecule has 0 bridgehead atoms. The summed E-state index contributed by atoms with van der Waals surface area (Å²) in [7, 11) is 0. The molecule has 5 rings (SSSR count). The molecule has 29 heavy (non-hydrogen) atoms. The third kappa shape index (κ3) is 3.42. The van der Waals surface area contributed by atoms with Crippen molar-refractivity contribution in [3.05, 3.63) is 83.6 Å². The third-order valence-corrected chi connectivity index (χ3v) is 5.44. The highest BCUT2D eigenvalue weighted by Gasteiger charge is 2.33. The maximum absolute atomic E-state index is 12.9. The quantitative estimate of drug-likeness (QED) is 0.551. The van der Waals surface area contributed by atoms with Crippen LogP contribution in [0.5, 0.6) is 0 Å². The summed E-state index contributed by atoms with van der Waals surface area (Å²) in [4.78, 5) is 17.5. The number of pyridine rings is 1. The van der Waals surface area contributed by atoms with Crippen LogP contribution in [-0.2, 0) is 6.42 Å². The third-order valence-electron chi connectivity index (χ3n) is 5.44. The number of hydrogen-bond acceptors (Lipinski definition) is 3. The molecule has 1 aliphatic carbocycles. The number of nitrogens with one attached hydrogen (secondary N) is 1. The van der Waals surface area contributed by atoms with Crippen molar-refractivity contribution in [1.82, 2.24) is 24.5 Å². The monoisotopic (exact) mass is 385 g/mol. The van der Waals surface area contributed by atoms with E-state index in [9.17, 15) is 4.79 Å². The van der Waals surface area contributed by atoms with Gasteiger partial charge in [-0.1, -0.05) is 24.3 Å². The van der Waals surface area contributed by atoms with Crippen molar-refractivity contribution < 1.29 is 4.79 Å². The number of para-hydroxylation sites is 1. The van der Waals surface area contributed by atoms with Crippen molar-refractivity contribution in [3.8, 4) is 5.69 Å². The van der Waals surface area contributed by atoms with Gasteiger partial charge in [0.2, 0.25) is 0 Å². The molecule has 146 valence electrons. The molecule has 1 aromatic carbocycles. The molecule has 0 unspecified atom stereocenters. The van der Waals surface area contributed by atoms with Crippen LogP contribution in [-0.4, -0.2) is 31.6 Å². The second-order valence-electron chi connectivity index (χ2n) is 7.62. The largest absolute Gasteiger partial charge is 0.352 e. The van der Waals surface area contributed by atoms with Crippen molar-refractivity contribution in [2.45, 2.75) is 32.1 Å². The van der Waals surface area contributed by atoms with Crippen molar-refractivity contribution in [1.29, 1.82) is 0 Å². The molecule has 0 spiro atoms.